The van der Waals surface area contributed by atoms with Crippen LogP contribution in [0, 0.1) is 0 Å². The third-order valence-corrected chi connectivity index (χ3v) is 8.42. The van der Waals surface area contributed by atoms with Gasteiger partial charge >= 0.3 is 0 Å². The Kier molecular flexibility index (Phi) is 4.51. The van der Waals surface area contributed by atoms with Crippen LogP contribution in [0.5, 0.6) is 0 Å². The Hall–Kier alpha value is -2.28. The van der Waals surface area contributed by atoms with Crippen LogP contribution in [0.15, 0.2) is 41.9 Å². The monoisotopic (exact) mass is 441 g/mol. The van der Waals surface area contributed by atoms with Gasteiger partial charge < -0.3 is 9.88 Å². The zero-order valence-corrected chi connectivity index (χ0v) is 18.6. The van der Waals surface area contributed by atoms with Crippen molar-refractivity contribution >= 4 is 44.7 Å². The third kappa shape index (κ3) is 2.67. The molecule has 3 aromatic rings. The molecule has 5 nitrogen and oxygen atoms in total. The Bertz CT molecular complexity index is 1330. The van der Waals surface area contributed by atoms with Gasteiger partial charge in [0.2, 0.25) is 0 Å². The van der Waals surface area contributed by atoms with Crippen LogP contribution in [0.1, 0.15) is 48.3 Å². The van der Waals surface area contributed by atoms with Crippen LogP contribution in [0.25, 0.3) is 23.1 Å². The van der Waals surface area contributed by atoms with Crippen molar-refractivity contribution in [2.24, 2.45) is 7.05 Å². The molecule has 0 amide bonds. The number of nitrogens with zero attached hydrogens (tertiary/aromatic N) is 2. The van der Waals surface area contributed by atoms with E-state index in [1.165, 1.54) is 21.4 Å². The molecule has 2 bridgehead atoms. The maximum absolute atomic E-state index is 13.6. The topological polar surface area (TPSA) is 56.0 Å². The molecule has 0 saturated carbocycles. The fourth-order valence-corrected chi connectivity index (χ4v) is 6.79. The average Bonchev–Trinajstić information content (AvgIpc) is 3.35. The van der Waals surface area contributed by atoms with Crippen molar-refractivity contribution in [2.75, 3.05) is 0 Å². The van der Waals surface area contributed by atoms with E-state index in [1.54, 1.807) is 24.3 Å². The van der Waals surface area contributed by atoms with Gasteiger partial charge in [-0.25, -0.2) is 12.4 Å². The van der Waals surface area contributed by atoms with E-state index in [0.717, 1.165) is 30.2 Å². The van der Waals surface area contributed by atoms with E-state index in [2.05, 4.69) is 23.5 Å². The van der Waals surface area contributed by atoms with Gasteiger partial charge in [-0.15, -0.1) is 0 Å². The minimum atomic E-state index is -3.82. The molecule has 2 atom stereocenters. The highest BCUT2D eigenvalue weighted by molar-refractivity contribution is 7.90. The van der Waals surface area contributed by atoms with Crippen molar-refractivity contribution in [1.29, 1.82) is 0 Å². The number of hydrogen-bond acceptors (Lipinski definition) is 3. The normalized spacial score (nSPS) is 20.9. The lowest BCUT2D eigenvalue weighted by Gasteiger charge is -2.23. The van der Waals surface area contributed by atoms with Crippen LogP contribution in [0.2, 0.25) is 5.02 Å². The maximum atomic E-state index is 13.6. The second-order valence-electron chi connectivity index (χ2n) is 8.08. The van der Waals surface area contributed by atoms with Crippen molar-refractivity contribution in [2.45, 2.75) is 43.2 Å². The third-order valence-electron chi connectivity index (χ3n) is 6.45. The number of fused-ring (bicyclic) bond motifs is 6. The summed E-state index contributed by atoms with van der Waals surface area (Å²) in [6, 6.07) is 6.26. The van der Waals surface area contributed by atoms with Crippen molar-refractivity contribution < 1.29 is 8.42 Å². The number of aryl methyl sites for hydroxylation is 1. The van der Waals surface area contributed by atoms with Gasteiger partial charge in [0, 0.05) is 53.9 Å². The molecule has 2 aliphatic heterocycles. The molecule has 1 N–H and O–H groups in total. The molecule has 2 unspecified atom stereocenters. The van der Waals surface area contributed by atoms with Gasteiger partial charge in [0.05, 0.1) is 15.6 Å². The molecule has 1 fully saturated rings. The first-order valence-electron chi connectivity index (χ1n) is 10.2. The molecule has 5 rings (SSSR count). The Balaban J connectivity index is 1.72. The van der Waals surface area contributed by atoms with Gasteiger partial charge in [-0.1, -0.05) is 30.3 Å². The molecule has 1 saturated heterocycles. The summed E-state index contributed by atoms with van der Waals surface area (Å²) in [6.45, 7) is 5.62. The predicted molar refractivity (Wildman–Crippen MR) is 122 cm³/mol. The lowest BCUT2D eigenvalue weighted by Crippen LogP contribution is -2.32. The van der Waals surface area contributed by atoms with E-state index < -0.39 is 10.0 Å². The van der Waals surface area contributed by atoms with E-state index in [4.69, 9.17) is 11.6 Å². The van der Waals surface area contributed by atoms with Gasteiger partial charge in [0.15, 0.2) is 0 Å². The second kappa shape index (κ2) is 6.87. The Morgan fingerprint density at radius 3 is 2.83 bits per heavy atom. The summed E-state index contributed by atoms with van der Waals surface area (Å²) in [5, 5.41) is 5.06. The van der Waals surface area contributed by atoms with E-state index in [9.17, 15) is 8.42 Å². The minimum absolute atomic E-state index is 0.261. The smallest absolute Gasteiger partial charge is 0.268 e. The Labute approximate surface area is 181 Å². The Morgan fingerprint density at radius 2 is 2.10 bits per heavy atom. The minimum Gasteiger partial charge on any atom is -0.347 e. The summed E-state index contributed by atoms with van der Waals surface area (Å²) in [5.41, 5.74) is 4.76. The summed E-state index contributed by atoms with van der Waals surface area (Å²) >= 11 is 6.31. The molecule has 0 spiro atoms. The number of aromatic nitrogens is 2. The number of halogens is 1. The van der Waals surface area contributed by atoms with Crippen molar-refractivity contribution in [1.82, 2.24) is 13.9 Å². The molecule has 30 heavy (non-hydrogen) atoms. The molecule has 0 aliphatic carbocycles. The van der Waals surface area contributed by atoms with E-state index in [1.807, 2.05) is 19.1 Å². The highest BCUT2D eigenvalue weighted by Gasteiger charge is 2.36. The first-order valence-corrected chi connectivity index (χ1v) is 12.0. The van der Waals surface area contributed by atoms with Crippen molar-refractivity contribution in [3.05, 3.63) is 64.6 Å². The summed E-state index contributed by atoms with van der Waals surface area (Å²) in [4.78, 5) is 0.261. The first-order chi connectivity index (χ1) is 14.4. The number of hydrogen-bond donors (Lipinski definition) is 1. The molecule has 1 aromatic carbocycles. The van der Waals surface area contributed by atoms with Crippen LogP contribution < -0.4 is 5.32 Å². The van der Waals surface area contributed by atoms with Crippen molar-refractivity contribution in [3.63, 3.8) is 0 Å². The highest BCUT2D eigenvalue weighted by atomic mass is 35.5. The van der Waals surface area contributed by atoms with Gasteiger partial charge in [-0.3, -0.25) is 0 Å². The molecular weight excluding hydrogens is 418 g/mol. The van der Waals surface area contributed by atoms with Gasteiger partial charge in [0.1, 0.15) is 0 Å². The zero-order valence-electron chi connectivity index (χ0n) is 17.0. The summed E-state index contributed by atoms with van der Waals surface area (Å²) in [5.74, 6) is 0. The maximum Gasteiger partial charge on any atom is 0.268 e. The zero-order chi connectivity index (χ0) is 21.2. The molecule has 7 heteroatoms. The van der Waals surface area contributed by atoms with E-state index >= 15 is 0 Å². The van der Waals surface area contributed by atoms with Crippen LogP contribution in [-0.2, 0) is 23.5 Å². The van der Waals surface area contributed by atoms with E-state index in [-0.39, 0.29) is 4.90 Å². The summed E-state index contributed by atoms with van der Waals surface area (Å²) in [6.07, 6.45) is 9.82. The lowest BCUT2D eigenvalue weighted by atomic mass is 9.99. The second-order valence-corrected chi connectivity index (χ2v) is 10.3. The molecule has 4 heterocycles. The molecular formula is C23H24ClN3O2S. The van der Waals surface area contributed by atoms with Crippen molar-refractivity contribution in [3.8, 4) is 0 Å². The van der Waals surface area contributed by atoms with Gasteiger partial charge in [0.25, 0.3) is 10.0 Å². The first kappa shape index (κ1) is 19.7. The Morgan fingerprint density at radius 1 is 1.30 bits per heavy atom. The van der Waals surface area contributed by atoms with Gasteiger partial charge in [-0.2, -0.15) is 0 Å². The number of allylic oxidation sites excluding steroid dienone is 1. The standard InChI is InChI=1S/C23H24ClN3O2S/c1-4-6-21-16(5-2)18(24)13-27(21)30(28,29)15-8-10-20-17(12-15)23-19-9-7-14(25-19)11-22(23)26(20)3/h4-6,8,10,12-14,19,25H,2,7,9,11H2,1,3H3/b6-4-. The summed E-state index contributed by atoms with van der Waals surface area (Å²) < 4.78 is 30.7. The highest BCUT2D eigenvalue weighted by Crippen LogP contribution is 2.42. The lowest BCUT2D eigenvalue weighted by molar-refractivity contribution is 0.503. The van der Waals surface area contributed by atoms with E-state index in [0.29, 0.717) is 28.4 Å². The quantitative estimate of drug-likeness (QED) is 0.626. The fraction of sp³-hybridized carbons (Fsp3) is 0.304. The van der Waals surface area contributed by atoms with Crippen LogP contribution in [-0.4, -0.2) is 23.0 Å². The van der Waals surface area contributed by atoms with Crippen LogP contribution in [0.4, 0.5) is 0 Å². The van der Waals surface area contributed by atoms with Crippen LogP contribution in [0.3, 0.4) is 0 Å². The molecule has 2 aromatic heterocycles. The molecule has 0 radical (unpaired) electrons. The number of rotatable bonds is 4. The van der Waals surface area contributed by atoms with Gasteiger partial charge in [-0.05, 0) is 49.6 Å². The summed E-state index contributed by atoms with van der Waals surface area (Å²) in [7, 11) is -1.75. The average molecular weight is 442 g/mol. The number of benzene rings is 1. The molecule has 2 aliphatic rings. The number of nitrogens with one attached hydrogen (secondary N) is 1. The SMILES string of the molecule is C=Cc1c(Cl)cn(S(=O)(=O)c2ccc3c(c2)c2c(n3C)CC3CCC2N3)c1/C=C\C. The van der Waals surface area contributed by atoms with Crippen LogP contribution >= 0.6 is 11.6 Å². The predicted octanol–water partition coefficient (Wildman–Crippen LogP) is 4.90. The largest absolute Gasteiger partial charge is 0.347 e. The molecule has 156 valence electrons. The fourth-order valence-electron chi connectivity index (χ4n) is 5.06.